The first-order chi connectivity index (χ1) is 10.1. The van der Waals surface area contributed by atoms with Gasteiger partial charge in [0, 0.05) is 13.7 Å². The van der Waals surface area contributed by atoms with Gasteiger partial charge in [-0.05, 0) is 65.5 Å². The second kappa shape index (κ2) is 5.73. The lowest BCUT2D eigenvalue weighted by Crippen LogP contribution is -2.43. The van der Waals surface area contributed by atoms with Crippen LogP contribution in [0.2, 0.25) is 0 Å². The second-order valence-electron chi connectivity index (χ2n) is 7.41. The van der Waals surface area contributed by atoms with E-state index in [1.807, 2.05) is 0 Å². The molecule has 0 radical (unpaired) electrons. The van der Waals surface area contributed by atoms with Crippen LogP contribution in [-0.2, 0) is 17.8 Å². The van der Waals surface area contributed by atoms with Gasteiger partial charge in [-0.2, -0.15) is 0 Å². The number of ether oxygens (including phenoxy) is 1. The fourth-order valence-electron chi connectivity index (χ4n) is 4.67. The summed E-state index contributed by atoms with van der Waals surface area (Å²) < 4.78 is 5.26. The quantitative estimate of drug-likeness (QED) is 0.914. The number of benzene rings is 1. The molecule has 2 aliphatic rings. The third-order valence-electron chi connectivity index (χ3n) is 6.31. The molecule has 116 valence electrons. The molecule has 2 heteroatoms. The van der Waals surface area contributed by atoms with Gasteiger partial charge in [0.05, 0.1) is 6.61 Å². The highest BCUT2D eigenvalue weighted by molar-refractivity contribution is 5.37. The first kappa shape index (κ1) is 15.1. The van der Waals surface area contributed by atoms with Crippen molar-refractivity contribution >= 4 is 0 Å². The Morgan fingerprint density at radius 3 is 2.86 bits per heavy atom. The molecule has 3 rings (SSSR count). The average Bonchev–Trinajstić information content (AvgIpc) is 2.51. The SMILES string of the molecule is COCc1ccc2c(c1)CCC1C2CCC(C)(CO)C1C. The van der Waals surface area contributed by atoms with Crippen LogP contribution in [0.15, 0.2) is 18.2 Å². The van der Waals surface area contributed by atoms with E-state index >= 15 is 0 Å². The fraction of sp³-hybridized carbons (Fsp3) is 0.684. The van der Waals surface area contributed by atoms with E-state index in [1.165, 1.54) is 30.4 Å². The molecule has 0 amide bonds. The van der Waals surface area contributed by atoms with Gasteiger partial charge in [0.15, 0.2) is 0 Å². The summed E-state index contributed by atoms with van der Waals surface area (Å²) in [5, 5.41) is 9.79. The van der Waals surface area contributed by atoms with E-state index < -0.39 is 0 Å². The van der Waals surface area contributed by atoms with Gasteiger partial charge in [0.25, 0.3) is 0 Å². The van der Waals surface area contributed by atoms with Gasteiger partial charge in [0.2, 0.25) is 0 Å². The lowest BCUT2D eigenvalue weighted by Gasteiger charge is -2.50. The molecule has 21 heavy (non-hydrogen) atoms. The molecule has 4 unspecified atom stereocenters. The van der Waals surface area contributed by atoms with Crippen LogP contribution in [0.5, 0.6) is 0 Å². The number of aliphatic hydroxyl groups excluding tert-OH is 1. The fourth-order valence-corrected chi connectivity index (χ4v) is 4.67. The van der Waals surface area contributed by atoms with Crippen LogP contribution in [0.1, 0.15) is 55.7 Å². The Balaban J connectivity index is 1.88. The maximum absolute atomic E-state index is 9.79. The number of rotatable bonds is 3. The molecule has 2 aliphatic carbocycles. The molecule has 1 saturated carbocycles. The standard InChI is InChI=1S/C19H28O2/c1-13-16-7-5-15-10-14(11-21-3)4-6-17(15)18(16)8-9-19(13,2)12-20/h4,6,10,13,16,18,20H,5,7-9,11-12H2,1-3H3. The molecule has 0 saturated heterocycles. The van der Waals surface area contributed by atoms with Gasteiger partial charge < -0.3 is 9.84 Å². The smallest absolute Gasteiger partial charge is 0.0713 e. The van der Waals surface area contributed by atoms with Crippen molar-refractivity contribution in [2.24, 2.45) is 17.3 Å². The number of aryl methyl sites for hydroxylation is 1. The highest BCUT2D eigenvalue weighted by Gasteiger charge is 2.45. The van der Waals surface area contributed by atoms with Crippen molar-refractivity contribution < 1.29 is 9.84 Å². The molecule has 1 fully saturated rings. The number of hydrogen-bond donors (Lipinski definition) is 1. The van der Waals surface area contributed by atoms with Crippen LogP contribution in [0.25, 0.3) is 0 Å². The normalized spacial score (nSPS) is 35.1. The van der Waals surface area contributed by atoms with Crippen LogP contribution in [-0.4, -0.2) is 18.8 Å². The van der Waals surface area contributed by atoms with Gasteiger partial charge >= 0.3 is 0 Å². The Morgan fingerprint density at radius 1 is 1.33 bits per heavy atom. The van der Waals surface area contributed by atoms with Crippen molar-refractivity contribution in [3.05, 3.63) is 34.9 Å². The number of aliphatic hydroxyl groups is 1. The monoisotopic (exact) mass is 288 g/mol. The summed E-state index contributed by atoms with van der Waals surface area (Å²) in [7, 11) is 1.76. The van der Waals surface area contributed by atoms with Gasteiger partial charge in [-0.1, -0.05) is 32.0 Å². The van der Waals surface area contributed by atoms with E-state index in [4.69, 9.17) is 4.74 Å². The van der Waals surface area contributed by atoms with Crippen molar-refractivity contribution in [3.63, 3.8) is 0 Å². The third kappa shape index (κ3) is 2.53. The number of fused-ring (bicyclic) bond motifs is 3. The minimum atomic E-state index is 0.120. The first-order valence-electron chi connectivity index (χ1n) is 8.30. The Hall–Kier alpha value is -0.860. The number of methoxy groups -OCH3 is 1. The zero-order valence-electron chi connectivity index (χ0n) is 13.6. The predicted octanol–water partition coefficient (Wildman–Crippen LogP) is 3.91. The number of hydrogen-bond acceptors (Lipinski definition) is 2. The van der Waals surface area contributed by atoms with E-state index in [9.17, 15) is 5.11 Å². The molecule has 2 nitrogen and oxygen atoms in total. The van der Waals surface area contributed by atoms with Crippen LogP contribution < -0.4 is 0 Å². The Labute approximate surface area is 128 Å². The summed E-state index contributed by atoms with van der Waals surface area (Å²) in [4.78, 5) is 0. The zero-order chi connectivity index (χ0) is 15.0. The molecule has 1 aromatic carbocycles. The van der Waals surface area contributed by atoms with Crippen molar-refractivity contribution in [2.75, 3.05) is 13.7 Å². The van der Waals surface area contributed by atoms with Crippen LogP contribution in [0.4, 0.5) is 0 Å². The highest BCUT2D eigenvalue weighted by atomic mass is 16.5. The van der Waals surface area contributed by atoms with Crippen molar-refractivity contribution in [2.45, 2.75) is 52.1 Å². The van der Waals surface area contributed by atoms with Crippen molar-refractivity contribution in [1.29, 1.82) is 0 Å². The molecule has 0 heterocycles. The minimum absolute atomic E-state index is 0.120. The molecular weight excluding hydrogens is 260 g/mol. The Morgan fingerprint density at radius 2 is 2.14 bits per heavy atom. The maximum atomic E-state index is 9.79. The second-order valence-corrected chi connectivity index (χ2v) is 7.41. The Kier molecular flexibility index (Phi) is 4.11. The van der Waals surface area contributed by atoms with Crippen LogP contribution >= 0.6 is 0 Å². The molecule has 1 N–H and O–H groups in total. The summed E-state index contributed by atoms with van der Waals surface area (Å²) in [5.74, 6) is 2.03. The van der Waals surface area contributed by atoms with Crippen molar-refractivity contribution in [1.82, 2.24) is 0 Å². The van der Waals surface area contributed by atoms with E-state index in [2.05, 4.69) is 32.0 Å². The lowest BCUT2D eigenvalue weighted by atomic mass is 9.55. The predicted molar refractivity (Wildman–Crippen MR) is 85.3 cm³/mol. The van der Waals surface area contributed by atoms with Crippen LogP contribution in [0.3, 0.4) is 0 Å². The largest absolute Gasteiger partial charge is 0.396 e. The summed E-state index contributed by atoms with van der Waals surface area (Å²) in [6.45, 7) is 5.67. The average molecular weight is 288 g/mol. The summed E-state index contributed by atoms with van der Waals surface area (Å²) in [6, 6.07) is 6.92. The molecule has 1 aromatic rings. The third-order valence-corrected chi connectivity index (χ3v) is 6.31. The summed E-state index contributed by atoms with van der Waals surface area (Å²) >= 11 is 0. The lowest BCUT2D eigenvalue weighted by molar-refractivity contribution is -0.00298. The van der Waals surface area contributed by atoms with Crippen molar-refractivity contribution in [3.8, 4) is 0 Å². The summed E-state index contributed by atoms with van der Waals surface area (Å²) in [5.41, 5.74) is 4.51. The molecular formula is C19H28O2. The zero-order valence-corrected chi connectivity index (χ0v) is 13.6. The topological polar surface area (TPSA) is 29.5 Å². The molecule has 4 atom stereocenters. The van der Waals surface area contributed by atoms with Gasteiger partial charge in [0.1, 0.15) is 0 Å². The highest BCUT2D eigenvalue weighted by Crippen LogP contribution is 2.54. The molecule has 0 aromatic heterocycles. The molecule has 0 spiro atoms. The Bertz CT molecular complexity index is 510. The van der Waals surface area contributed by atoms with Gasteiger partial charge in [-0.3, -0.25) is 0 Å². The van der Waals surface area contributed by atoms with E-state index in [-0.39, 0.29) is 5.41 Å². The van der Waals surface area contributed by atoms with E-state index in [0.29, 0.717) is 25.0 Å². The maximum Gasteiger partial charge on any atom is 0.0713 e. The first-order valence-corrected chi connectivity index (χ1v) is 8.30. The minimum Gasteiger partial charge on any atom is -0.396 e. The summed E-state index contributed by atoms with van der Waals surface area (Å²) in [6.07, 6.45) is 4.82. The molecule has 0 bridgehead atoms. The molecule has 0 aliphatic heterocycles. The van der Waals surface area contributed by atoms with E-state index in [0.717, 1.165) is 12.3 Å². The van der Waals surface area contributed by atoms with Gasteiger partial charge in [-0.15, -0.1) is 0 Å². The van der Waals surface area contributed by atoms with Gasteiger partial charge in [-0.25, -0.2) is 0 Å². The van der Waals surface area contributed by atoms with Crippen LogP contribution in [0, 0.1) is 17.3 Å². The van der Waals surface area contributed by atoms with E-state index in [1.54, 1.807) is 12.7 Å².